The van der Waals surface area contributed by atoms with Crippen LogP contribution in [0.4, 0.5) is 0 Å². The van der Waals surface area contributed by atoms with Gasteiger partial charge in [0.1, 0.15) is 0 Å². The number of likely N-dealkylation sites (N-methyl/N-ethyl adjacent to an activating group) is 1. The van der Waals surface area contributed by atoms with Gasteiger partial charge in [-0.3, -0.25) is 5.01 Å². The number of nitrogens with zero attached hydrogens (tertiary/aromatic N) is 3. The summed E-state index contributed by atoms with van der Waals surface area (Å²) in [4.78, 5) is 2.31. The SMILES string of the molecule is CN1CCN(/N=C\c2cc3c(cc2Br)OCO3)CC1. The highest BCUT2D eigenvalue weighted by Gasteiger charge is 2.16. The van der Waals surface area contributed by atoms with Crippen LogP contribution in [0.15, 0.2) is 21.7 Å². The van der Waals surface area contributed by atoms with Crippen molar-refractivity contribution < 1.29 is 9.47 Å². The summed E-state index contributed by atoms with van der Waals surface area (Å²) in [6.45, 7) is 4.34. The number of rotatable bonds is 2. The molecular formula is C13H16BrN3O2. The molecule has 0 saturated carbocycles. The van der Waals surface area contributed by atoms with Crippen molar-refractivity contribution >= 4 is 22.1 Å². The number of piperazine rings is 1. The van der Waals surface area contributed by atoms with Crippen LogP contribution in [0.2, 0.25) is 0 Å². The second-order valence-corrected chi connectivity index (χ2v) is 5.58. The van der Waals surface area contributed by atoms with E-state index in [1.165, 1.54) is 0 Å². The summed E-state index contributed by atoms with van der Waals surface area (Å²) in [5.74, 6) is 1.56. The minimum absolute atomic E-state index is 0.292. The molecule has 1 aromatic carbocycles. The number of fused-ring (bicyclic) bond motifs is 1. The normalized spacial score (nSPS) is 19.4. The lowest BCUT2D eigenvalue weighted by molar-refractivity contribution is 0.159. The first-order valence-electron chi connectivity index (χ1n) is 6.29. The molecule has 19 heavy (non-hydrogen) atoms. The summed E-state index contributed by atoms with van der Waals surface area (Å²) < 4.78 is 11.7. The molecule has 2 aliphatic rings. The summed E-state index contributed by atoms with van der Waals surface area (Å²) in [5, 5.41) is 6.62. The van der Waals surface area contributed by atoms with Gasteiger partial charge in [-0.25, -0.2) is 0 Å². The largest absolute Gasteiger partial charge is 0.454 e. The van der Waals surface area contributed by atoms with E-state index < -0.39 is 0 Å². The van der Waals surface area contributed by atoms with Crippen LogP contribution < -0.4 is 9.47 Å². The van der Waals surface area contributed by atoms with Crippen molar-refractivity contribution in [2.45, 2.75) is 0 Å². The molecule has 0 amide bonds. The Morgan fingerprint density at radius 1 is 1.16 bits per heavy atom. The monoisotopic (exact) mass is 325 g/mol. The Balaban J connectivity index is 1.72. The number of hydrazone groups is 1. The molecule has 102 valence electrons. The molecule has 0 aliphatic carbocycles. The lowest BCUT2D eigenvalue weighted by Gasteiger charge is -2.30. The van der Waals surface area contributed by atoms with E-state index in [0.29, 0.717) is 6.79 Å². The molecule has 6 heteroatoms. The summed E-state index contributed by atoms with van der Waals surface area (Å²) in [5.41, 5.74) is 1.00. The summed E-state index contributed by atoms with van der Waals surface area (Å²) in [6, 6.07) is 3.87. The fraction of sp³-hybridized carbons (Fsp3) is 0.462. The van der Waals surface area contributed by atoms with Gasteiger partial charge in [-0.05, 0) is 35.1 Å². The molecule has 5 nitrogen and oxygen atoms in total. The first-order chi connectivity index (χ1) is 9.22. The van der Waals surface area contributed by atoms with Crippen LogP contribution in [0.1, 0.15) is 5.56 Å². The molecule has 0 radical (unpaired) electrons. The first-order valence-corrected chi connectivity index (χ1v) is 7.08. The van der Waals surface area contributed by atoms with Gasteiger partial charge in [-0.2, -0.15) is 5.10 Å². The molecule has 0 unspecified atom stereocenters. The first kappa shape index (κ1) is 12.7. The third-order valence-corrected chi connectivity index (χ3v) is 4.02. The molecule has 1 saturated heterocycles. The number of ether oxygens (including phenoxy) is 2. The fourth-order valence-corrected chi connectivity index (χ4v) is 2.51. The van der Waals surface area contributed by atoms with Crippen LogP contribution >= 0.6 is 15.9 Å². The Bertz CT molecular complexity index is 499. The van der Waals surface area contributed by atoms with E-state index in [0.717, 1.165) is 47.7 Å². The van der Waals surface area contributed by atoms with Gasteiger partial charge in [-0.1, -0.05) is 0 Å². The number of hydrogen-bond acceptors (Lipinski definition) is 5. The number of halogens is 1. The lowest BCUT2D eigenvalue weighted by atomic mass is 10.2. The molecule has 2 aliphatic heterocycles. The molecule has 0 atom stereocenters. The zero-order valence-corrected chi connectivity index (χ0v) is 12.4. The quantitative estimate of drug-likeness (QED) is 0.776. The Morgan fingerprint density at radius 2 is 1.84 bits per heavy atom. The average Bonchev–Trinajstić information content (AvgIpc) is 2.85. The maximum atomic E-state index is 5.37. The third kappa shape index (κ3) is 2.84. The van der Waals surface area contributed by atoms with Crippen LogP contribution in [0.3, 0.4) is 0 Å². The zero-order valence-electron chi connectivity index (χ0n) is 10.8. The van der Waals surface area contributed by atoms with Gasteiger partial charge in [0.15, 0.2) is 11.5 Å². The highest BCUT2D eigenvalue weighted by molar-refractivity contribution is 9.10. The molecule has 0 spiro atoms. The van der Waals surface area contributed by atoms with Crippen molar-refractivity contribution in [1.82, 2.24) is 9.91 Å². The number of hydrogen-bond donors (Lipinski definition) is 0. The zero-order chi connectivity index (χ0) is 13.2. The van der Waals surface area contributed by atoms with Crippen molar-refractivity contribution in [2.75, 3.05) is 40.0 Å². The molecular weight excluding hydrogens is 310 g/mol. The highest BCUT2D eigenvalue weighted by Crippen LogP contribution is 2.36. The van der Waals surface area contributed by atoms with E-state index in [1.54, 1.807) is 0 Å². The van der Waals surface area contributed by atoms with Gasteiger partial charge in [0, 0.05) is 36.2 Å². The maximum absolute atomic E-state index is 5.37. The van der Waals surface area contributed by atoms with Crippen LogP contribution in [0.25, 0.3) is 0 Å². The second kappa shape index (κ2) is 5.38. The minimum atomic E-state index is 0.292. The Kier molecular flexibility index (Phi) is 3.61. The highest BCUT2D eigenvalue weighted by atomic mass is 79.9. The van der Waals surface area contributed by atoms with Crippen molar-refractivity contribution in [3.05, 3.63) is 22.2 Å². The van der Waals surface area contributed by atoms with Gasteiger partial charge >= 0.3 is 0 Å². The molecule has 3 rings (SSSR count). The fourth-order valence-electron chi connectivity index (χ4n) is 2.09. The predicted octanol–water partition coefficient (Wildman–Crippen LogP) is 1.76. The third-order valence-electron chi connectivity index (χ3n) is 3.33. The Morgan fingerprint density at radius 3 is 2.58 bits per heavy atom. The van der Waals surface area contributed by atoms with Crippen molar-refractivity contribution in [2.24, 2.45) is 5.10 Å². The van der Waals surface area contributed by atoms with E-state index in [1.807, 2.05) is 18.3 Å². The van der Waals surface area contributed by atoms with Crippen molar-refractivity contribution in [3.63, 3.8) is 0 Å². The van der Waals surface area contributed by atoms with E-state index in [9.17, 15) is 0 Å². The maximum Gasteiger partial charge on any atom is 0.231 e. The average molecular weight is 326 g/mol. The molecule has 1 fully saturated rings. The van der Waals surface area contributed by atoms with Crippen LogP contribution in [0.5, 0.6) is 11.5 Å². The van der Waals surface area contributed by atoms with Gasteiger partial charge in [0.05, 0.1) is 6.21 Å². The smallest absolute Gasteiger partial charge is 0.231 e. The van der Waals surface area contributed by atoms with Crippen LogP contribution in [-0.2, 0) is 0 Å². The minimum Gasteiger partial charge on any atom is -0.454 e. The second-order valence-electron chi connectivity index (χ2n) is 4.73. The van der Waals surface area contributed by atoms with Gasteiger partial charge in [0.25, 0.3) is 0 Å². The summed E-state index contributed by atoms with van der Waals surface area (Å²) in [6.07, 6.45) is 1.87. The standard InChI is InChI=1S/C13H16BrN3O2/c1-16-2-4-17(5-3-16)15-8-10-6-12-13(7-11(10)14)19-9-18-12/h6-8H,2-5,9H2,1H3/b15-8-. The molecule has 0 N–H and O–H groups in total. The van der Waals surface area contributed by atoms with Crippen molar-refractivity contribution in [3.8, 4) is 11.5 Å². The van der Waals surface area contributed by atoms with Gasteiger partial charge < -0.3 is 14.4 Å². The van der Waals surface area contributed by atoms with E-state index in [2.05, 4.69) is 38.0 Å². The summed E-state index contributed by atoms with van der Waals surface area (Å²) >= 11 is 3.53. The lowest BCUT2D eigenvalue weighted by Crippen LogP contribution is -2.41. The van der Waals surface area contributed by atoms with Crippen molar-refractivity contribution in [1.29, 1.82) is 0 Å². The van der Waals surface area contributed by atoms with Gasteiger partial charge in [0.2, 0.25) is 6.79 Å². The van der Waals surface area contributed by atoms with Gasteiger partial charge in [-0.15, -0.1) is 0 Å². The number of benzene rings is 1. The van der Waals surface area contributed by atoms with Crippen LogP contribution in [0, 0.1) is 0 Å². The molecule has 0 bridgehead atoms. The van der Waals surface area contributed by atoms with E-state index in [-0.39, 0.29) is 0 Å². The Labute approximate surface area is 120 Å². The molecule has 2 heterocycles. The molecule has 1 aromatic rings. The summed E-state index contributed by atoms with van der Waals surface area (Å²) in [7, 11) is 2.13. The Hall–Kier alpha value is -1.27. The van der Waals surface area contributed by atoms with E-state index >= 15 is 0 Å². The van der Waals surface area contributed by atoms with Crippen LogP contribution in [-0.4, -0.2) is 56.1 Å². The predicted molar refractivity (Wildman–Crippen MR) is 76.9 cm³/mol. The van der Waals surface area contributed by atoms with E-state index in [4.69, 9.17) is 9.47 Å². The molecule has 0 aromatic heterocycles. The topological polar surface area (TPSA) is 37.3 Å².